The lowest BCUT2D eigenvalue weighted by Gasteiger charge is -2.41. The molecule has 2 aliphatic heterocycles. The van der Waals surface area contributed by atoms with Crippen LogP contribution in [0.1, 0.15) is 44.1 Å². The Morgan fingerprint density at radius 1 is 1.00 bits per heavy atom. The Kier molecular flexibility index (Phi) is 5.65. The van der Waals surface area contributed by atoms with Gasteiger partial charge >= 0.3 is 0 Å². The SMILES string of the molecule is Cc1ccc(Cl)cc1N1CCN(CCN2CCC3(CCCC3)CC2=O)CC1. The third-order valence-corrected chi connectivity index (χ3v) is 7.26. The predicted molar refractivity (Wildman–Crippen MR) is 112 cm³/mol. The highest BCUT2D eigenvalue weighted by atomic mass is 35.5. The molecule has 0 unspecified atom stereocenters. The third kappa shape index (κ3) is 4.27. The number of halogens is 1. The van der Waals surface area contributed by atoms with Gasteiger partial charge in [-0.05, 0) is 49.3 Å². The highest BCUT2D eigenvalue weighted by Crippen LogP contribution is 2.46. The van der Waals surface area contributed by atoms with Crippen LogP contribution in [0.4, 0.5) is 5.69 Å². The molecule has 4 nitrogen and oxygen atoms in total. The molecule has 0 bridgehead atoms. The Labute approximate surface area is 168 Å². The van der Waals surface area contributed by atoms with Crippen LogP contribution in [0.2, 0.25) is 5.02 Å². The number of rotatable bonds is 4. The summed E-state index contributed by atoms with van der Waals surface area (Å²) in [5.41, 5.74) is 2.91. The molecule has 0 N–H and O–H groups in total. The van der Waals surface area contributed by atoms with Crippen molar-refractivity contribution in [1.29, 1.82) is 0 Å². The minimum Gasteiger partial charge on any atom is -0.369 e. The molecule has 4 rings (SSSR count). The first-order valence-electron chi connectivity index (χ1n) is 10.6. The Hall–Kier alpha value is -1.26. The Morgan fingerprint density at radius 2 is 1.74 bits per heavy atom. The van der Waals surface area contributed by atoms with Crippen LogP contribution in [-0.4, -0.2) is 61.5 Å². The number of amides is 1. The standard InChI is InChI=1S/C22H32ClN3O/c1-18-4-5-19(23)16-20(18)25-13-10-24(11-14-25)12-15-26-9-8-22(17-21(26)27)6-2-3-7-22/h4-5,16H,2-3,6-15,17H2,1H3. The summed E-state index contributed by atoms with van der Waals surface area (Å²) in [6, 6.07) is 6.14. The van der Waals surface area contributed by atoms with Gasteiger partial charge in [0.05, 0.1) is 0 Å². The van der Waals surface area contributed by atoms with Crippen LogP contribution in [0.5, 0.6) is 0 Å². The fourth-order valence-corrected chi connectivity index (χ4v) is 5.37. The average molecular weight is 390 g/mol. The van der Waals surface area contributed by atoms with E-state index in [0.717, 1.165) is 57.3 Å². The third-order valence-electron chi connectivity index (χ3n) is 7.03. The number of aryl methyl sites for hydroxylation is 1. The molecule has 1 aromatic rings. The van der Waals surface area contributed by atoms with Crippen molar-refractivity contribution < 1.29 is 4.79 Å². The summed E-state index contributed by atoms with van der Waals surface area (Å²) in [6.07, 6.45) is 7.22. The van der Waals surface area contributed by atoms with Crippen molar-refractivity contribution in [3.8, 4) is 0 Å². The van der Waals surface area contributed by atoms with E-state index in [2.05, 4.69) is 33.8 Å². The summed E-state index contributed by atoms with van der Waals surface area (Å²) in [4.78, 5) is 19.7. The van der Waals surface area contributed by atoms with Gasteiger partial charge < -0.3 is 9.80 Å². The number of hydrogen-bond acceptors (Lipinski definition) is 3. The van der Waals surface area contributed by atoms with Gasteiger partial charge in [-0.3, -0.25) is 9.69 Å². The van der Waals surface area contributed by atoms with Crippen LogP contribution in [0.15, 0.2) is 18.2 Å². The molecular weight excluding hydrogens is 358 g/mol. The number of piperazine rings is 1. The normalized spacial score (nSPS) is 23.4. The summed E-state index contributed by atoms with van der Waals surface area (Å²) < 4.78 is 0. The summed E-state index contributed by atoms with van der Waals surface area (Å²) >= 11 is 6.18. The van der Waals surface area contributed by atoms with E-state index in [0.29, 0.717) is 11.3 Å². The molecule has 5 heteroatoms. The molecule has 1 amide bonds. The van der Waals surface area contributed by atoms with Crippen LogP contribution in [0.25, 0.3) is 0 Å². The lowest BCUT2D eigenvalue weighted by molar-refractivity contribution is -0.138. The Morgan fingerprint density at radius 3 is 2.44 bits per heavy atom. The van der Waals surface area contributed by atoms with Gasteiger partial charge in [0, 0.05) is 62.9 Å². The maximum atomic E-state index is 12.6. The molecule has 3 fully saturated rings. The lowest BCUT2D eigenvalue weighted by Crippen LogP contribution is -2.50. The van der Waals surface area contributed by atoms with E-state index >= 15 is 0 Å². The number of hydrogen-bond donors (Lipinski definition) is 0. The smallest absolute Gasteiger partial charge is 0.223 e. The monoisotopic (exact) mass is 389 g/mol. The Bertz CT molecular complexity index is 678. The van der Waals surface area contributed by atoms with Crippen molar-refractivity contribution in [3.63, 3.8) is 0 Å². The molecule has 2 heterocycles. The molecule has 3 aliphatic rings. The van der Waals surface area contributed by atoms with Crippen LogP contribution in [-0.2, 0) is 4.79 Å². The van der Waals surface area contributed by atoms with Crippen molar-refractivity contribution in [2.24, 2.45) is 5.41 Å². The number of likely N-dealkylation sites (tertiary alicyclic amines) is 1. The first-order valence-corrected chi connectivity index (χ1v) is 10.9. The van der Waals surface area contributed by atoms with Gasteiger partial charge in [0.1, 0.15) is 0 Å². The number of carbonyl (C=O) groups excluding carboxylic acids is 1. The Balaban J connectivity index is 1.24. The van der Waals surface area contributed by atoms with E-state index in [4.69, 9.17) is 11.6 Å². The highest BCUT2D eigenvalue weighted by Gasteiger charge is 2.40. The van der Waals surface area contributed by atoms with Crippen molar-refractivity contribution >= 4 is 23.2 Å². The van der Waals surface area contributed by atoms with Crippen molar-refractivity contribution in [2.45, 2.75) is 45.4 Å². The van der Waals surface area contributed by atoms with E-state index < -0.39 is 0 Å². The average Bonchev–Trinajstić information content (AvgIpc) is 3.11. The second-order valence-corrected chi connectivity index (χ2v) is 9.21. The summed E-state index contributed by atoms with van der Waals surface area (Å²) in [5, 5.41) is 0.807. The minimum atomic E-state index is 0.369. The molecule has 148 valence electrons. The maximum absolute atomic E-state index is 12.6. The first kappa shape index (κ1) is 19.1. The highest BCUT2D eigenvalue weighted by molar-refractivity contribution is 6.30. The zero-order valence-corrected chi connectivity index (χ0v) is 17.3. The van der Waals surface area contributed by atoms with Gasteiger partial charge in [-0.15, -0.1) is 0 Å². The molecule has 1 saturated carbocycles. The molecule has 0 radical (unpaired) electrons. The van der Waals surface area contributed by atoms with Crippen LogP contribution < -0.4 is 4.90 Å². The van der Waals surface area contributed by atoms with Gasteiger partial charge in [-0.2, -0.15) is 0 Å². The van der Waals surface area contributed by atoms with E-state index in [1.165, 1.54) is 43.4 Å². The van der Waals surface area contributed by atoms with Gasteiger partial charge in [0.2, 0.25) is 5.91 Å². The molecule has 1 aromatic carbocycles. The number of anilines is 1. The number of nitrogens with zero attached hydrogens (tertiary/aromatic N) is 3. The molecule has 27 heavy (non-hydrogen) atoms. The molecule has 1 aliphatic carbocycles. The summed E-state index contributed by atoms with van der Waals surface area (Å²) in [5.74, 6) is 0.399. The maximum Gasteiger partial charge on any atom is 0.223 e. The summed E-state index contributed by atoms with van der Waals surface area (Å²) in [6.45, 7) is 9.18. The fraction of sp³-hybridized carbons (Fsp3) is 0.682. The van der Waals surface area contributed by atoms with Crippen molar-refractivity contribution in [3.05, 3.63) is 28.8 Å². The topological polar surface area (TPSA) is 26.8 Å². The van der Waals surface area contributed by atoms with E-state index in [9.17, 15) is 4.79 Å². The zero-order valence-electron chi connectivity index (χ0n) is 16.6. The van der Waals surface area contributed by atoms with Gasteiger partial charge in [0.25, 0.3) is 0 Å². The number of piperidine rings is 1. The van der Waals surface area contributed by atoms with E-state index in [1.807, 2.05) is 6.07 Å². The molecule has 1 spiro atoms. The van der Waals surface area contributed by atoms with Crippen LogP contribution in [0.3, 0.4) is 0 Å². The van der Waals surface area contributed by atoms with Crippen molar-refractivity contribution in [1.82, 2.24) is 9.80 Å². The van der Waals surface area contributed by atoms with E-state index in [-0.39, 0.29) is 0 Å². The number of carbonyl (C=O) groups is 1. The molecule has 0 atom stereocenters. The quantitative estimate of drug-likeness (QED) is 0.780. The first-order chi connectivity index (χ1) is 13.0. The van der Waals surface area contributed by atoms with Gasteiger partial charge in [0.15, 0.2) is 0 Å². The van der Waals surface area contributed by atoms with Gasteiger partial charge in [-0.1, -0.05) is 30.5 Å². The van der Waals surface area contributed by atoms with Crippen molar-refractivity contribution in [2.75, 3.05) is 50.7 Å². The van der Waals surface area contributed by atoms with Gasteiger partial charge in [-0.25, -0.2) is 0 Å². The second-order valence-electron chi connectivity index (χ2n) is 8.77. The molecule has 2 saturated heterocycles. The molecular formula is C22H32ClN3O. The minimum absolute atomic E-state index is 0.369. The number of benzene rings is 1. The predicted octanol–water partition coefficient (Wildman–Crippen LogP) is 3.95. The van der Waals surface area contributed by atoms with Crippen LogP contribution >= 0.6 is 11.6 Å². The van der Waals surface area contributed by atoms with Crippen LogP contribution in [0, 0.1) is 12.3 Å². The lowest BCUT2D eigenvalue weighted by atomic mass is 9.77. The fourth-order valence-electron chi connectivity index (χ4n) is 5.20. The zero-order chi connectivity index (χ0) is 18.9. The largest absolute Gasteiger partial charge is 0.369 e. The summed E-state index contributed by atoms with van der Waals surface area (Å²) in [7, 11) is 0. The van der Waals surface area contributed by atoms with E-state index in [1.54, 1.807) is 0 Å². The molecule has 0 aromatic heterocycles. The second kappa shape index (κ2) is 8.00.